The highest BCUT2D eigenvalue weighted by Gasteiger charge is 2.18. The Morgan fingerprint density at radius 3 is 2.57 bits per heavy atom. The van der Waals surface area contributed by atoms with Crippen molar-refractivity contribution in [3.63, 3.8) is 0 Å². The highest BCUT2D eigenvalue weighted by molar-refractivity contribution is 6.00. The lowest BCUT2D eigenvalue weighted by Crippen LogP contribution is -2.30. The van der Waals surface area contributed by atoms with Gasteiger partial charge in [0.25, 0.3) is 5.91 Å². The van der Waals surface area contributed by atoms with Crippen molar-refractivity contribution in [1.82, 2.24) is 5.32 Å². The van der Waals surface area contributed by atoms with Crippen molar-refractivity contribution < 1.29 is 14.3 Å². The van der Waals surface area contributed by atoms with Crippen LogP contribution in [0.3, 0.4) is 0 Å². The normalized spacial score (nSPS) is 15.5. The number of nitrogen functional groups attached to an aromatic ring is 1. The standard InChI is InChI=1S/C16H24N2O3/c1-20-12-8-13(15(17)14(9-12)21-2)16(19)18-10-11-6-4-3-5-7-11/h8-9,11H,3-7,10,17H2,1-2H3,(H,18,19). The second-order valence-corrected chi connectivity index (χ2v) is 5.50. The molecule has 5 nitrogen and oxygen atoms in total. The maximum absolute atomic E-state index is 12.3. The van der Waals surface area contributed by atoms with Crippen molar-refractivity contribution in [1.29, 1.82) is 0 Å². The first kappa shape index (κ1) is 15.5. The van der Waals surface area contributed by atoms with E-state index in [-0.39, 0.29) is 5.91 Å². The number of carbonyl (C=O) groups excluding carboxylic acids is 1. The van der Waals surface area contributed by atoms with Crippen LogP contribution in [0, 0.1) is 5.92 Å². The Labute approximate surface area is 125 Å². The highest BCUT2D eigenvalue weighted by atomic mass is 16.5. The van der Waals surface area contributed by atoms with Crippen LogP contribution >= 0.6 is 0 Å². The molecular weight excluding hydrogens is 268 g/mol. The summed E-state index contributed by atoms with van der Waals surface area (Å²) in [7, 11) is 3.07. The molecule has 21 heavy (non-hydrogen) atoms. The first-order chi connectivity index (χ1) is 10.2. The lowest BCUT2D eigenvalue weighted by atomic mass is 9.89. The minimum atomic E-state index is -0.171. The predicted molar refractivity (Wildman–Crippen MR) is 82.9 cm³/mol. The predicted octanol–water partition coefficient (Wildman–Crippen LogP) is 2.60. The molecule has 0 spiro atoms. The second kappa shape index (κ2) is 7.20. The van der Waals surface area contributed by atoms with Crippen molar-refractivity contribution in [2.24, 2.45) is 5.92 Å². The van der Waals surface area contributed by atoms with E-state index in [4.69, 9.17) is 15.2 Å². The van der Waals surface area contributed by atoms with Crippen LogP contribution in [0.5, 0.6) is 11.5 Å². The van der Waals surface area contributed by atoms with Crippen LogP contribution in [-0.2, 0) is 0 Å². The van der Waals surface area contributed by atoms with E-state index < -0.39 is 0 Å². The Balaban J connectivity index is 2.07. The summed E-state index contributed by atoms with van der Waals surface area (Å²) < 4.78 is 10.4. The Bertz CT molecular complexity index is 497. The number of methoxy groups -OCH3 is 2. The number of hydrogen-bond donors (Lipinski definition) is 2. The van der Waals surface area contributed by atoms with Crippen LogP contribution in [0.2, 0.25) is 0 Å². The Morgan fingerprint density at radius 2 is 1.95 bits per heavy atom. The van der Waals surface area contributed by atoms with Gasteiger partial charge < -0.3 is 20.5 Å². The molecule has 1 fully saturated rings. The van der Waals surface area contributed by atoms with Gasteiger partial charge in [0.1, 0.15) is 11.5 Å². The molecular formula is C16H24N2O3. The molecule has 0 heterocycles. The number of hydrogen-bond acceptors (Lipinski definition) is 4. The maximum atomic E-state index is 12.3. The summed E-state index contributed by atoms with van der Waals surface area (Å²) in [6, 6.07) is 3.32. The average molecular weight is 292 g/mol. The lowest BCUT2D eigenvalue weighted by molar-refractivity contribution is 0.0944. The van der Waals surface area contributed by atoms with E-state index in [1.807, 2.05) is 0 Å². The molecule has 1 aromatic carbocycles. The Hall–Kier alpha value is -1.91. The monoisotopic (exact) mass is 292 g/mol. The van der Waals surface area contributed by atoms with Gasteiger partial charge in [-0.25, -0.2) is 0 Å². The molecule has 1 saturated carbocycles. The van der Waals surface area contributed by atoms with E-state index in [9.17, 15) is 4.79 Å². The minimum absolute atomic E-state index is 0.171. The van der Waals surface area contributed by atoms with E-state index in [1.54, 1.807) is 19.2 Å². The maximum Gasteiger partial charge on any atom is 0.253 e. The van der Waals surface area contributed by atoms with Gasteiger partial charge in [-0.15, -0.1) is 0 Å². The van der Waals surface area contributed by atoms with Crippen molar-refractivity contribution in [2.45, 2.75) is 32.1 Å². The molecule has 0 aliphatic heterocycles. The number of rotatable bonds is 5. The summed E-state index contributed by atoms with van der Waals surface area (Å²) in [5, 5.41) is 2.98. The number of benzene rings is 1. The molecule has 1 aliphatic rings. The summed E-state index contributed by atoms with van der Waals surface area (Å²) in [5.74, 6) is 1.42. The third-order valence-electron chi connectivity index (χ3n) is 4.09. The first-order valence-electron chi connectivity index (χ1n) is 7.45. The molecule has 2 rings (SSSR count). The molecule has 0 saturated heterocycles. The molecule has 0 atom stereocenters. The van der Waals surface area contributed by atoms with Gasteiger partial charge in [-0.05, 0) is 24.8 Å². The van der Waals surface area contributed by atoms with Crippen LogP contribution in [0.1, 0.15) is 42.5 Å². The molecule has 116 valence electrons. The summed E-state index contributed by atoms with van der Waals surface area (Å²) in [6.07, 6.45) is 6.21. The third kappa shape index (κ3) is 3.80. The number of ether oxygens (including phenoxy) is 2. The van der Waals surface area contributed by atoms with E-state index in [2.05, 4.69) is 5.32 Å². The number of carbonyl (C=O) groups is 1. The molecule has 0 bridgehead atoms. The Kier molecular flexibility index (Phi) is 5.31. The van der Waals surface area contributed by atoms with Crippen molar-refractivity contribution in [2.75, 3.05) is 26.5 Å². The molecule has 0 unspecified atom stereocenters. The second-order valence-electron chi connectivity index (χ2n) is 5.50. The van der Waals surface area contributed by atoms with Gasteiger partial charge in [0.15, 0.2) is 0 Å². The van der Waals surface area contributed by atoms with Crippen molar-refractivity contribution >= 4 is 11.6 Å². The zero-order valence-corrected chi connectivity index (χ0v) is 12.8. The highest BCUT2D eigenvalue weighted by Crippen LogP contribution is 2.31. The van der Waals surface area contributed by atoms with Gasteiger partial charge >= 0.3 is 0 Å². The zero-order chi connectivity index (χ0) is 15.2. The fourth-order valence-corrected chi connectivity index (χ4v) is 2.80. The van der Waals surface area contributed by atoms with Gasteiger partial charge in [0.2, 0.25) is 0 Å². The fraction of sp³-hybridized carbons (Fsp3) is 0.562. The van der Waals surface area contributed by atoms with E-state index in [1.165, 1.54) is 39.2 Å². The van der Waals surface area contributed by atoms with Crippen molar-refractivity contribution in [3.05, 3.63) is 17.7 Å². The lowest BCUT2D eigenvalue weighted by Gasteiger charge is -2.22. The smallest absolute Gasteiger partial charge is 0.253 e. The Morgan fingerprint density at radius 1 is 1.24 bits per heavy atom. The fourth-order valence-electron chi connectivity index (χ4n) is 2.80. The number of anilines is 1. The quantitative estimate of drug-likeness (QED) is 0.818. The molecule has 1 aliphatic carbocycles. The topological polar surface area (TPSA) is 73.6 Å². The number of amides is 1. The third-order valence-corrected chi connectivity index (χ3v) is 4.09. The van der Waals surface area contributed by atoms with Gasteiger partial charge in [0, 0.05) is 12.6 Å². The van der Waals surface area contributed by atoms with Crippen LogP contribution < -0.4 is 20.5 Å². The van der Waals surface area contributed by atoms with Gasteiger partial charge in [-0.1, -0.05) is 19.3 Å². The molecule has 0 aromatic heterocycles. The van der Waals surface area contributed by atoms with Crippen LogP contribution in [-0.4, -0.2) is 26.7 Å². The molecule has 0 radical (unpaired) electrons. The molecule has 5 heteroatoms. The SMILES string of the molecule is COc1cc(OC)c(N)c(C(=O)NCC2CCCCC2)c1. The zero-order valence-electron chi connectivity index (χ0n) is 12.8. The summed E-state index contributed by atoms with van der Waals surface area (Å²) in [4.78, 5) is 12.3. The average Bonchev–Trinajstić information content (AvgIpc) is 2.53. The minimum Gasteiger partial charge on any atom is -0.497 e. The molecule has 1 aromatic rings. The van der Waals surface area contributed by atoms with Crippen LogP contribution in [0.15, 0.2) is 12.1 Å². The largest absolute Gasteiger partial charge is 0.497 e. The van der Waals surface area contributed by atoms with Crippen LogP contribution in [0.25, 0.3) is 0 Å². The summed E-state index contributed by atoms with van der Waals surface area (Å²) in [5.41, 5.74) is 6.74. The summed E-state index contributed by atoms with van der Waals surface area (Å²) in [6.45, 7) is 0.706. The van der Waals surface area contributed by atoms with Gasteiger partial charge in [0.05, 0.1) is 25.5 Å². The molecule has 1 amide bonds. The van der Waals surface area contributed by atoms with E-state index in [0.717, 1.165) is 0 Å². The van der Waals surface area contributed by atoms with Gasteiger partial charge in [-0.2, -0.15) is 0 Å². The van der Waals surface area contributed by atoms with Gasteiger partial charge in [-0.3, -0.25) is 4.79 Å². The number of nitrogens with two attached hydrogens (primary N) is 1. The van der Waals surface area contributed by atoms with Crippen molar-refractivity contribution in [3.8, 4) is 11.5 Å². The van der Waals surface area contributed by atoms with Crippen LogP contribution in [0.4, 0.5) is 5.69 Å². The number of nitrogens with one attached hydrogen (secondary N) is 1. The van der Waals surface area contributed by atoms with E-state index >= 15 is 0 Å². The molecule has 3 N–H and O–H groups in total. The van der Waals surface area contributed by atoms with E-state index in [0.29, 0.717) is 35.2 Å². The summed E-state index contributed by atoms with van der Waals surface area (Å²) >= 11 is 0. The first-order valence-corrected chi connectivity index (χ1v) is 7.45.